The third kappa shape index (κ3) is 4.01. The van der Waals surface area contributed by atoms with Gasteiger partial charge in [-0.2, -0.15) is 0 Å². The molecule has 4 rings (SSSR count). The SMILES string of the molecule is CCC[C@@H](N)C(O)C(O)[C@@H](C)[C@H]1CC[C@H]2C3C(O)C(O)C4C[C@@H](O)CC[C@]4(C)[C@H]3CC[C@]12C. The summed E-state index contributed by atoms with van der Waals surface area (Å²) in [5.41, 5.74) is 6.07. The van der Waals surface area contributed by atoms with E-state index < -0.39 is 30.5 Å². The lowest BCUT2D eigenvalue weighted by atomic mass is 9.43. The topological polar surface area (TPSA) is 127 Å². The second kappa shape index (κ2) is 9.33. The first-order valence-electron chi connectivity index (χ1n) is 13.6. The van der Waals surface area contributed by atoms with Gasteiger partial charge in [0, 0.05) is 6.04 Å². The van der Waals surface area contributed by atoms with Crippen LogP contribution in [0.3, 0.4) is 0 Å². The number of aliphatic hydroxyl groups excluding tert-OH is 5. The summed E-state index contributed by atoms with van der Waals surface area (Å²) in [5, 5.41) is 54.6. The number of hydrogen-bond acceptors (Lipinski definition) is 6. The first-order chi connectivity index (χ1) is 15.5. The predicted molar refractivity (Wildman–Crippen MR) is 128 cm³/mol. The van der Waals surface area contributed by atoms with Gasteiger partial charge in [0.15, 0.2) is 0 Å². The Balaban J connectivity index is 1.56. The molecule has 4 saturated carbocycles. The third-order valence-electron chi connectivity index (χ3n) is 11.4. The molecule has 0 saturated heterocycles. The number of fused-ring (bicyclic) bond motifs is 5. The molecule has 7 N–H and O–H groups in total. The van der Waals surface area contributed by atoms with E-state index in [0.717, 1.165) is 44.9 Å². The Morgan fingerprint density at radius 3 is 2.15 bits per heavy atom. The van der Waals surface area contributed by atoms with Gasteiger partial charge in [0.05, 0.1) is 30.5 Å². The van der Waals surface area contributed by atoms with E-state index in [9.17, 15) is 25.5 Å². The lowest BCUT2D eigenvalue weighted by Gasteiger charge is -2.63. The molecule has 0 aromatic carbocycles. The summed E-state index contributed by atoms with van der Waals surface area (Å²) in [4.78, 5) is 0. The van der Waals surface area contributed by atoms with Gasteiger partial charge in [-0.15, -0.1) is 0 Å². The van der Waals surface area contributed by atoms with Crippen LogP contribution >= 0.6 is 0 Å². The highest BCUT2D eigenvalue weighted by Crippen LogP contribution is 2.68. The van der Waals surface area contributed by atoms with Crippen LogP contribution in [-0.2, 0) is 0 Å². The lowest BCUT2D eigenvalue weighted by molar-refractivity contribution is -0.224. The van der Waals surface area contributed by atoms with Crippen LogP contribution in [0.4, 0.5) is 0 Å². The zero-order valence-electron chi connectivity index (χ0n) is 21.1. The summed E-state index contributed by atoms with van der Waals surface area (Å²) in [5.74, 6) is 0.839. The van der Waals surface area contributed by atoms with Gasteiger partial charge in [-0.25, -0.2) is 0 Å². The molecule has 6 unspecified atom stereocenters. The van der Waals surface area contributed by atoms with Crippen LogP contribution in [0, 0.1) is 46.3 Å². The van der Waals surface area contributed by atoms with Gasteiger partial charge in [0.2, 0.25) is 0 Å². The van der Waals surface area contributed by atoms with Crippen LogP contribution in [0.25, 0.3) is 0 Å². The van der Waals surface area contributed by atoms with Crippen molar-refractivity contribution in [2.75, 3.05) is 0 Å². The molecule has 0 aromatic heterocycles. The normalized spacial score (nSPS) is 51.1. The number of hydrogen-bond donors (Lipinski definition) is 6. The van der Waals surface area contributed by atoms with Crippen molar-refractivity contribution in [2.45, 2.75) is 122 Å². The molecule has 33 heavy (non-hydrogen) atoms. The molecule has 0 aliphatic heterocycles. The van der Waals surface area contributed by atoms with E-state index in [2.05, 4.69) is 20.8 Å². The van der Waals surface area contributed by atoms with Crippen LogP contribution in [0.2, 0.25) is 0 Å². The molecule has 4 aliphatic carbocycles. The Bertz CT molecular complexity index is 691. The van der Waals surface area contributed by atoms with Crippen LogP contribution in [0.5, 0.6) is 0 Å². The van der Waals surface area contributed by atoms with E-state index in [1.807, 2.05) is 6.92 Å². The van der Waals surface area contributed by atoms with Crippen molar-refractivity contribution in [1.29, 1.82) is 0 Å². The van der Waals surface area contributed by atoms with Crippen LogP contribution < -0.4 is 5.73 Å². The summed E-state index contributed by atoms with van der Waals surface area (Å²) in [7, 11) is 0. The van der Waals surface area contributed by atoms with Gasteiger partial charge >= 0.3 is 0 Å². The van der Waals surface area contributed by atoms with Gasteiger partial charge in [-0.1, -0.05) is 34.1 Å². The third-order valence-corrected chi connectivity index (χ3v) is 11.4. The molecular weight excluding hydrogens is 418 g/mol. The van der Waals surface area contributed by atoms with Crippen LogP contribution in [0.15, 0.2) is 0 Å². The van der Waals surface area contributed by atoms with Crippen molar-refractivity contribution in [3.8, 4) is 0 Å². The zero-order valence-corrected chi connectivity index (χ0v) is 21.1. The Morgan fingerprint density at radius 1 is 0.848 bits per heavy atom. The molecule has 0 heterocycles. The highest BCUT2D eigenvalue weighted by atomic mass is 16.3. The van der Waals surface area contributed by atoms with E-state index in [4.69, 9.17) is 5.73 Å². The second-order valence-corrected chi connectivity index (χ2v) is 12.8. The van der Waals surface area contributed by atoms with Crippen molar-refractivity contribution in [2.24, 2.45) is 52.1 Å². The summed E-state index contributed by atoms with van der Waals surface area (Å²) >= 11 is 0. The van der Waals surface area contributed by atoms with Gasteiger partial charge in [0.1, 0.15) is 0 Å². The molecule has 0 aromatic rings. The maximum atomic E-state index is 11.4. The number of nitrogens with two attached hydrogens (primary N) is 1. The van der Waals surface area contributed by atoms with Crippen LogP contribution in [-0.4, -0.2) is 62.1 Å². The van der Waals surface area contributed by atoms with E-state index in [-0.39, 0.29) is 40.6 Å². The summed E-state index contributed by atoms with van der Waals surface area (Å²) < 4.78 is 0. The van der Waals surface area contributed by atoms with Gasteiger partial charge in [-0.3, -0.25) is 0 Å². The Morgan fingerprint density at radius 2 is 1.48 bits per heavy atom. The van der Waals surface area contributed by atoms with E-state index in [1.165, 1.54) is 0 Å². The largest absolute Gasteiger partial charge is 0.393 e. The van der Waals surface area contributed by atoms with E-state index >= 15 is 0 Å². The van der Waals surface area contributed by atoms with Crippen molar-refractivity contribution >= 4 is 0 Å². The monoisotopic (exact) mass is 467 g/mol. The fraction of sp³-hybridized carbons (Fsp3) is 1.00. The Labute approximate surface area is 200 Å². The molecule has 192 valence electrons. The molecule has 0 radical (unpaired) electrons. The van der Waals surface area contributed by atoms with Gasteiger partial charge < -0.3 is 31.3 Å². The fourth-order valence-corrected chi connectivity index (χ4v) is 9.45. The average molecular weight is 468 g/mol. The summed E-state index contributed by atoms with van der Waals surface area (Å²) in [6.07, 6.45) is 4.17. The van der Waals surface area contributed by atoms with Gasteiger partial charge in [-0.05, 0) is 97.7 Å². The minimum absolute atomic E-state index is 0.0335. The first-order valence-corrected chi connectivity index (χ1v) is 13.6. The van der Waals surface area contributed by atoms with Crippen molar-refractivity contribution in [3.05, 3.63) is 0 Å². The maximum absolute atomic E-state index is 11.4. The van der Waals surface area contributed by atoms with E-state index in [1.54, 1.807) is 0 Å². The highest BCUT2D eigenvalue weighted by molar-refractivity contribution is 5.14. The maximum Gasteiger partial charge on any atom is 0.0952 e. The number of rotatable bonds is 6. The molecule has 0 amide bonds. The smallest absolute Gasteiger partial charge is 0.0952 e. The zero-order chi connectivity index (χ0) is 24.3. The molecule has 0 bridgehead atoms. The fourth-order valence-electron chi connectivity index (χ4n) is 9.45. The predicted octanol–water partition coefficient (Wildman–Crippen LogP) is 2.43. The van der Waals surface area contributed by atoms with Crippen molar-refractivity contribution in [3.63, 3.8) is 0 Å². The Hall–Kier alpha value is -0.240. The van der Waals surface area contributed by atoms with Gasteiger partial charge in [0.25, 0.3) is 0 Å². The second-order valence-electron chi connectivity index (χ2n) is 12.8. The summed E-state index contributed by atoms with van der Waals surface area (Å²) in [6.45, 7) is 8.71. The summed E-state index contributed by atoms with van der Waals surface area (Å²) in [6, 6.07) is -0.415. The average Bonchev–Trinajstić information content (AvgIpc) is 3.14. The molecule has 14 atom stereocenters. The molecule has 6 nitrogen and oxygen atoms in total. The van der Waals surface area contributed by atoms with E-state index in [0.29, 0.717) is 24.7 Å². The minimum atomic E-state index is -0.922. The molecule has 4 fully saturated rings. The molecule has 4 aliphatic rings. The lowest BCUT2D eigenvalue weighted by Crippen LogP contribution is -2.64. The first kappa shape index (κ1) is 25.8. The highest BCUT2D eigenvalue weighted by Gasteiger charge is 2.65. The number of aliphatic hydroxyl groups is 5. The molecule has 6 heteroatoms. The van der Waals surface area contributed by atoms with Crippen molar-refractivity contribution in [1.82, 2.24) is 0 Å². The minimum Gasteiger partial charge on any atom is -0.393 e. The molecule has 0 spiro atoms. The quantitative estimate of drug-likeness (QED) is 0.356. The molecular formula is C27H49NO5. The van der Waals surface area contributed by atoms with Crippen LogP contribution in [0.1, 0.15) is 85.5 Å². The standard InChI is InChI=1S/C27H49NO5/c1-5-6-20(28)24(32)22(30)14(2)16-7-8-17-21-18(10-12-26(16,17)3)27(4)11-9-15(29)13-19(27)23(31)25(21)33/h14-25,29-33H,5-13,28H2,1-4H3/t14-,15-,16+,17-,18-,19?,20+,21?,22?,23?,24?,25?,26+,27+/m0/s1. The Kier molecular flexibility index (Phi) is 7.30. The van der Waals surface area contributed by atoms with Crippen molar-refractivity contribution < 1.29 is 25.5 Å².